The molecule has 1 unspecified atom stereocenters. The van der Waals surface area contributed by atoms with Crippen molar-refractivity contribution in [3.63, 3.8) is 0 Å². The first-order valence-electron chi connectivity index (χ1n) is 6.40. The fourth-order valence-electron chi connectivity index (χ4n) is 1.73. The van der Waals surface area contributed by atoms with Gasteiger partial charge in [0.25, 0.3) is 0 Å². The van der Waals surface area contributed by atoms with Gasteiger partial charge in [0, 0.05) is 11.6 Å². The van der Waals surface area contributed by atoms with E-state index in [1.807, 2.05) is 13.8 Å². The number of hydrazine groups is 1. The van der Waals surface area contributed by atoms with Crippen LogP contribution in [0.15, 0.2) is 0 Å². The summed E-state index contributed by atoms with van der Waals surface area (Å²) in [5.41, 5.74) is 3.32. The molecule has 0 radical (unpaired) electrons. The third kappa shape index (κ3) is 3.31. The summed E-state index contributed by atoms with van der Waals surface area (Å²) in [6.07, 6.45) is 2.15. The van der Waals surface area contributed by atoms with E-state index >= 15 is 0 Å². The van der Waals surface area contributed by atoms with Crippen molar-refractivity contribution in [3.8, 4) is 0 Å². The summed E-state index contributed by atoms with van der Waals surface area (Å²) in [5.74, 6) is 7.17. The van der Waals surface area contributed by atoms with Crippen molar-refractivity contribution >= 4 is 17.5 Å². The third-order valence-electron chi connectivity index (χ3n) is 3.06. The Hall–Kier alpha value is -1.89. The van der Waals surface area contributed by atoms with Gasteiger partial charge in [-0.05, 0) is 33.6 Å². The molecule has 7 heteroatoms. The molecular weight excluding hydrogens is 244 g/mol. The van der Waals surface area contributed by atoms with Gasteiger partial charge < -0.3 is 16.1 Å². The molecule has 1 aliphatic carbocycles. The second kappa shape index (κ2) is 5.40. The van der Waals surface area contributed by atoms with Gasteiger partial charge in [0.05, 0.1) is 0 Å². The van der Waals surface area contributed by atoms with E-state index in [1.54, 1.807) is 6.92 Å². The molecule has 1 atom stereocenters. The normalized spacial score (nSPS) is 15.8. The maximum absolute atomic E-state index is 11.9. The van der Waals surface area contributed by atoms with Crippen LogP contribution in [0.1, 0.15) is 31.2 Å². The highest BCUT2D eigenvalue weighted by molar-refractivity contribution is 5.84. The van der Waals surface area contributed by atoms with Gasteiger partial charge >= 0.3 is 0 Å². The van der Waals surface area contributed by atoms with Crippen LogP contribution in [0.3, 0.4) is 0 Å². The van der Waals surface area contributed by atoms with Crippen molar-refractivity contribution in [1.29, 1.82) is 0 Å². The molecule has 0 spiro atoms. The van der Waals surface area contributed by atoms with Gasteiger partial charge in [-0.3, -0.25) is 4.79 Å². The zero-order valence-electron chi connectivity index (χ0n) is 11.4. The molecule has 104 valence electrons. The number of hydrogen-bond acceptors (Lipinski definition) is 6. The van der Waals surface area contributed by atoms with Gasteiger partial charge in [-0.2, -0.15) is 0 Å². The molecule has 19 heavy (non-hydrogen) atoms. The molecule has 0 saturated heterocycles. The molecule has 1 heterocycles. The number of nitrogen functional groups attached to an aromatic ring is 1. The van der Waals surface area contributed by atoms with E-state index in [-0.39, 0.29) is 11.9 Å². The first-order chi connectivity index (χ1) is 9.01. The number of nitrogens with zero attached hydrogens (tertiary/aromatic N) is 2. The van der Waals surface area contributed by atoms with Crippen LogP contribution in [0.5, 0.6) is 0 Å². The SMILES string of the molecule is Cc1nc(NN)c(C)c(NC(C)C(=O)NC2CC2)n1. The highest BCUT2D eigenvalue weighted by Gasteiger charge is 2.26. The number of aryl methyl sites for hydroxylation is 1. The molecule has 5 N–H and O–H groups in total. The molecule has 7 nitrogen and oxygen atoms in total. The Labute approximate surface area is 112 Å². The van der Waals surface area contributed by atoms with Gasteiger partial charge in [0.2, 0.25) is 5.91 Å². The molecule has 0 aromatic carbocycles. The van der Waals surface area contributed by atoms with Crippen LogP contribution in [-0.2, 0) is 4.79 Å². The number of rotatable bonds is 5. The highest BCUT2D eigenvalue weighted by Crippen LogP contribution is 2.21. The van der Waals surface area contributed by atoms with E-state index in [0.717, 1.165) is 18.4 Å². The molecule has 1 fully saturated rings. The summed E-state index contributed by atoms with van der Waals surface area (Å²) in [7, 11) is 0. The number of hydrogen-bond donors (Lipinski definition) is 4. The average Bonchev–Trinajstić information content (AvgIpc) is 3.17. The number of anilines is 2. The van der Waals surface area contributed by atoms with Crippen molar-refractivity contribution in [1.82, 2.24) is 15.3 Å². The number of carbonyl (C=O) groups excluding carboxylic acids is 1. The van der Waals surface area contributed by atoms with Crippen molar-refractivity contribution < 1.29 is 4.79 Å². The second-order valence-corrected chi connectivity index (χ2v) is 4.89. The van der Waals surface area contributed by atoms with E-state index in [0.29, 0.717) is 23.5 Å². The van der Waals surface area contributed by atoms with Crippen molar-refractivity contribution in [2.45, 2.75) is 45.7 Å². The predicted molar refractivity (Wildman–Crippen MR) is 73.6 cm³/mol. The van der Waals surface area contributed by atoms with Crippen LogP contribution >= 0.6 is 0 Å². The van der Waals surface area contributed by atoms with Gasteiger partial charge in [-0.1, -0.05) is 0 Å². The maximum atomic E-state index is 11.9. The lowest BCUT2D eigenvalue weighted by atomic mass is 10.2. The lowest BCUT2D eigenvalue weighted by Gasteiger charge is -2.17. The Morgan fingerprint density at radius 3 is 2.53 bits per heavy atom. The van der Waals surface area contributed by atoms with E-state index in [4.69, 9.17) is 5.84 Å². The molecule has 1 aromatic heterocycles. The Morgan fingerprint density at radius 1 is 1.32 bits per heavy atom. The summed E-state index contributed by atoms with van der Waals surface area (Å²) in [6.45, 7) is 5.44. The highest BCUT2D eigenvalue weighted by atomic mass is 16.2. The Balaban J connectivity index is 2.08. The zero-order chi connectivity index (χ0) is 14.0. The second-order valence-electron chi connectivity index (χ2n) is 4.89. The maximum Gasteiger partial charge on any atom is 0.242 e. The van der Waals surface area contributed by atoms with Gasteiger partial charge in [-0.25, -0.2) is 15.8 Å². The lowest BCUT2D eigenvalue weighted by Crippen LogP contribution is -2.39. The largest absolute Gasteiger partial charge is 0.358 e. The average molecular weight is 264 g/mol. The first-order valence-corrected chi connectivity index (χ1v) is 6.40. The zero-order valence-corrected chi connectivity index (χ0v) is 11.4. The van der Waals surface area contributed by atoms with Gasteiger partial charge in [-0.15, -0.1) is 0 Å². The van der Waals surface area contributed by atoms with Crippen LogP contribution in [-0.4, -0.2) is 28.0 Å². The number of amides is 1. The summed E-state index contributed by atoms with van der Waals surface area (Å²) in [6, 6.07) is 0.00507. The topological polar surface area (TPSA) is 105 Å². The van der Waals surface area contributed by atoms with Crippen LogP contribution in [0.25, 0.3) is 0 Å². The number of nitrogens with one attached hydrogen (secondary N) is 3. The van der Waals surface area contributed by atoms with E-state index < -0.39 is 0 Å². The van der Waals surface area contributed by atoms with Crippen LogP contribution in [0.2, 0.25) is 0 Å². The van der Waals surface area contributed by atoms with Crippen LogP contribution < -0.4 is 21.9 Å². The molecule has 1 amide bonds. The number of aromatic nitrogens is 2. The smallest absolute Gasteiger partial charge is 0.242 e. The standard InChI is InChI=1S/C12H20N6O/c1-6-10(15-8(3)16-11(6)18-13)14-7(2)12(19)17-9-4-5-9/h7,9H,4-5,13H2,1-3H3,(H,17,19)(H2,14,15,16,18). The predicted octanol–water partition coefficient (Wildman–Crippen LogP) is 0.458. The fourth-order valence-corrected chi connectivity index (χ4v) is 1.73. The number of carbonyl (C=O) groups is 1. The minimum absolute atomic E-state index is 0.0135. The van der Waals surface area contributed by atoms with E-state index in [1.165, 1.54) is 0 Å². The first kappa shape index (κ1) is 13.5. The molecule has 1 aliphatic rings. The molecule has 0 aliphatic heterocycles. The Kier molecular flexibility index (Phi) is 3.84. The lowest BCUT2D eigenvalue weighted by molar-refractivity contribution is -0.121. The summed E-state index contributed by atoms with van der Waals surface area (Å²) in [5, 5.41) is 6.05. The third-order valence-corrected chi connectivity index (χ3v) is 3.06. The monoisotopic (exact) mass is 264 g/mol. The fraction of sp³-hybridized carbons (Fsp3) is 0.583. The summed E-state index contributed by atoms with van der Waals surface area (Å²) < 4.78 is 0. The number of nitrogens with two attached hydrogens (primary N) is 1. The van der Waals surface area contributed by atoms with E-state index in [9.17, 15) is 4.79 Å². The van der Waals surface area contributed by atoms with Gasteiger partial charge in [0.1, 0.15) is 23.5 Å². The van der Waals surface area contributed by atoms with Crippen LogP contribution in [0, 0.1) is 13.8 Å². The summed E-state index contributed by atoms with van der Waals surface area (Å²) >= 11 is 0. The van der Waals surface area contributed by atoms with Crippen LogP contribution in [0.4, 0.5) is 11.6 Å². The van der Waals surface area contributed by atoms with Crippen molar-refractivity contribution in [2.75, 3.05) is 10.7 Å². The van der Waals surface area contributed by atoms with Crippen molar-refractivity contribution in [3.05, 3.63) is 11.4 Å². The minimum atomic E-state index is -0.348. The molecule has 1 saturated carbocycles. The molecule has 1 aromatic rings. The van der Waals surface area contributed by atoms with Crippen molar-refractivity contribution in [2.24, 2.45) is 5.84 Å². The Bertz CT molecular complexity index is 485. The van der Waals surface area contributed by atoms with E-state index in [2.05, 4.69) is 26.0 Å². The summed E-state index contributed by atoms with van der Waals surface area (Å²) in [4.78, 5) is 20.4. The van der Waals surface area contributed by atoms with Gasteiger partial charge in [0.15, 0.2) is 0 Å². The Morgan fingerprint density at radius 2 is 1.95 bits per heavy atom. The quantitative estimate of drug-likeness (QED) is 0.455. The molecule has 2 rings (SSSR count). The molecular formula is C12H20N6O. The molecule has 0 bridgehead atoms. The minimum Gasteiger partial charge on any atom is -0.358 e.